The Kier molecular flexibility index (Phi) is 2.91. The number of pyridine rings is 1. The summed E-state index contributed by atoms with van der Waals surface area (Å²) in [5, 5.41) is 9.92. The fourth-order valence-corrected chi connectivity index (χ4v) is 2.17. The van der Waals surface area contributed by atoms with Crippen LogP contribution in [0.5, 0.6) is 0 Å². The summed E-state index contributed by atoms with van der Waals surface area (Å²) in [6, 6.07) is 13.6. The van der Waals surface area contributed by atoms with Gasteiger partial charge in [0.05, 0.1) is 17.5 Å². The molecule has 0 aliphatic rings. The van der Waals surface area contributed by atoms with E-state index in [0.29, 0.717) is 16.5 Å². The Morgan fingerprint density at radius 2 is 1.80 bits per heavy atom. The number of fused-ring (bicyclic) bond motifs is 1. The number of aromatic nitrogens is 1. The lowest BCUT2D eigenvalue weighted by Crippen LogP contribution is -1.97. The van der Waals surface area contributed by atoms with Crippen LogP contribution < -0.4 is 0 Å². The Hall–Kier alpha value is -2.75. The van der Waals surface area contributed by atoms with Crippen molar-refractivity contribution in [2.75, 3.05) is 0 Å². The molecular formula is C16H10FNO2. The zero-order valence-corrected chi connectivity index (χ0v) is 10.4. The monoisotopic (exact) mass is 267 g/mol. The number of carboxylic acids is 1. The van der Waals surface area contributed by atoms with E-state index in [9.17, 15) is 9.18 Å². The minimum atomic E-state index is -1.05. The van der Waals surface area contributed by atoms with Crippen LogP contribution in [-0.2, 0) is 0 Å². The summed E-state index contributed by atoms with van der Waals surface area (Å²) >= 11 is 0. The summed E-state index contributed by atoms with van der Waals surface area (Å²) in [7, 11) is 0. The van der Waals surface area contributed by atoms with Gasteiger partial charge >= 0.3 is 5.97 Å². The second kappa shape index (κ2) is 4.74. The molecule has 1 N–H and O–H groups in total. The number of halogens is 1. The molecule has 0 bridgehead atoms. The van der Waals surface area contributed by atoms with Crippen LogP contribution in [0.2, 0.25) is 0 Å². The third-order valence-corrected chi connectivity index (χ3v) is 3.13. The number of nitrogens with zero attached hydrogens (tertiary/aromatic N) is 1. The number of benzene rings is 2. The highest BCUT2D eigenvalue weighted by Gasteiger charge is 2.12. The zero-order chi connectivity index (χ0) is 14.1. The second-order valence-corrected chi connectivity index (χ2v) is 4.39. The van der Waals surface area contributed by atoms with Crippen LogP contribution in [0.4, 0.5) is 4.39 Å². The maximum absolute atomic E-state index is 13.8. The molecule has 3 rings (SSSR count). The third kappa shape index (κ3) is 2.01. The van der Waals surface area contributed by atoms with Gasteiger partial charge in [-0.2, -0.15) is 0 Å². The summed E-state index contributed by atoms with van der Waals surface area (Å²) in [5.41, 5.74) is 1.51. The molecule has 20 heavy (non-hydrogen) atoms. The van der Waals surface area contributed by atoms with Crippen molar-refractivity contribution in [2.45, 2.75) is 0 Å². The van der Waals surface area contributed by atoms with Gasteiger partial charge < -0.3 is 5.11 Å². The van der Waals surface area contributed by atoms with Gasteiger partial charge in [0.15, 0.2) is 0 Å². The Morgan fingerprint density at radius 3 is 2.50 bits per heavy atom. The first kappa shape index (κ1) is 12.3. The van der Waals surface area contributed by atoms with Crippen molar-refractivity contribution in [3.8, 4) is 11.3 Å². The molecule has 2 aromatic carbocycles. The van der Waals surface area contributed by atoms with Crippen molar-refractivity contribution in [3.63, 3.8) is 0 Å². The lowest BCUT2D eigenvalue weighted by Gasteiger charge is -2.07. The van der Waals surface area contributed by atoms with E-state index in [4.69, 9.17) is 5.11 Å². The van der Waals surface area contributed by atoms with E-state index < -0.39 is 11.8 Å². The minimum Gasteiger partial charge on any atom is -0.478 e. The van der Waals surface area contributed by atoms with E-state index in [-0.39, 0.29) is 5.56 Å². The molecule has 0 amide bonds. The zero-order valence-electron chi connectivity index (χ0n) is 10.4. The van der Waals surface area contributed by atoms with Gasteiger partial charge in [-0.1, -0.05) is 36.4 Å². The van der Waals surface area contributed by atoms with E-state index in [1.807, 2.05) is 30.3 Å². The van der Waals surface area contributed by atoms with Gasteiger partial charge in [-0.15, -0.1) is 0 Å². The fraction of sp³-hybridized carbons (Fsp3) is 0. The smallest absolute Gasteiger partial charge is 0.335 e. The number of rotatable bonds is 2. The number of hydrogen-bond acceptors (Lipinski definition) is 2. The Balaban J connectivity index is 2.35. The molecule has 0 atom stereocenters. The molecule has 0 aliphatic carbocycles. The maximum Gasteiger partial charge on any atom is 0.335 e. The predicted molar refractivity (Wildman–Crippen MR) is 74.1 cm³/mol. The molecule has 0 fully saturated rings. The standard InChI is InChI=1S/C16H10FNO2/c17-14-9-18-15(10-4-2-1-3-5-10)13-8-11(16(19)20)6-7-12(13)14/h1-9H,(H,19,20). The van der Waals surface area contributed by atoms with Crippen LogP contribution in [0.25, 0.3) is 22.0 Å². The molecule has 4 heteroatoms. The SMILES string of the molecule is O=C(O)c1ccc2c(F)cnc(-c3ccccc3)c2c1. The van der Waals surface area contributed by atoms with Gasteiger partial charge in [-0.05, 0) is 12.1 Å². The molecule has 0 radical (unpaired) electrons. The highest BCUT2D eigenvalue weighted by Crippen LogP contribution is 2.28. The summed E-state index contributed by atoms with van der Waals surface area (Å²) < 4.78 is 13.8. The van der Waals surface area contributed by atoms with Crippen LogP contribution in [0.15, 0.2) is 54.7 Å². The van der Waals surface area contributed by atoms with Gasteiger partial charge in [0.25, 0.3) is 0 Å². The minimum absolute atomic E-state index is 0.113. The summed E-state index contributed by atoms with van der Waals surface area (Å²) in [6.07, 6.45) is 1.16. The topological polar surface area (TPSA) is 50.2 Å². The lowest BCUT2D eigenvalue weighted by molar-refractivity contribution is 0.0697. The van der Waals surface area contributed by atoms with Crippen LogP contribution >= 0.6 is 0 Å². The van der Waals surface area contributed by atoms with Crippen LogP contribution in [0.1, 0.15) is 10.4 Å². The van der Waals surface area contributed by atoms with Crippen LogP contribution in [-0.4, -0.2) is 16.1 Å². The van der Waals surface area contributed by atoms with Crippen molar-refractivity contribution in [1.82, 2.24) is 4.98 Å². The quantitative estimate of drug-likeness (QED) is 0.769. The highest BCUT2D eigenvalue weighted by atomic mass is 19.1. The van der Waals surface area contributed by atoms with Crippen molar-refractivity contribution in [1.29, 1.82) is 0 Å². The van der Waals surface area contributed by atoms with Gasteiger partial charge in [0.1, 0.15) is 5.82 Å². The van der Waals surface area contributed by atoms with E-state index >= 15 is 0 Å². The predicted octanol–water partition coefficient (Wildman–Crippen LogP) is 3.74. The Bertz CT molecular complexity index is 800. The summed E-state index contributed by atoms with van der Waals surface area (Å²) in [6.45, 7) is 0. The normalized spacial score (nSPS) is 10.7. The number of carbonyl (C=O) groups is 1. The second-order valence-electron chi connectivity index (χ2n) is 4.39. The molecule has 0 aliphatic heterocycles. The molecule has 0 saturated carbocycles. The molecule has 3 nitrogen and oxygen atoms in total. The molecule has 3 aromatic rings. The summed E-state index contributed by atoms with van der Waals surface area (Å²) in [4.78, 5) is 15.2. The molecule has 98 valence electrons. The molecule has 1 heterocycles. The Labute approximate surface area is 114 Å². The largest absolute Gasteiger partial charge is 0.478 e. The average molecular weight is 267 g/mol. The number of carboxylic acid groups (broad SMARTS) is 1. The van der Waals surface area contributed by atoms with Crippen LogP contribution in [0, 0.1) is 5.82 Å². The van der Waals surface area contributed by atoms with Gasteiger partial charge in [-0.3, -0.25) is 4.98 Å². The van der Waals surface area contributed by atoms with Gasteiger partial charge in [0.2, 0.25) is 0 Å². The lowest BCUT2D eigenvalue weighted by atomic mass is 10.0. The molecule has 0 spiro atoms. The fourth-order valence-electron chi connectivity index (χ4n) is 2.17. The maximum atomic E-state index is 13.8. The first-order chi connectivity index (χ1) is 9.66. The number of hydrogen-bond donors (Lipinski definition) is 1. The van der Waals surface area contributed by atoms with Gasteiger partial charge in [-0.25, -0.2) is 9.18 Å². The van der Waals surface area contributed by atoms with E-state index in [1.54, 1.807) is 0 Å². The van der Waals surface area contributed by atoms with Gasteiger partial charge in [0, 0.05) is 16.3 Å². The first-order valence-corrected chi connectivity index (χ1v) is 6.04. The van der Waals surface area contributed by atoms with Crippen LogP contribution in [0.3, 0.4) is 0 Å². The van der Waals surface area contributed by atoms with E-state index in [0.717, 1.165) is 11.8 Å². The van der Waals surface area contributed by atoms with Crippen molar-refractivity contribution in [3.05, 3.63) is 66.1 Å². The molecular weight excluding hydrogens is 257 g/mol. The average Bonchev–Trinajstić information content (AvgIpc) is 2.48. The third-order valence-electron chi connectivity index (χ3n) is 3.13. The molecule has 1 aromatic heterocycles. The van der Waals surface area contributed by atoms with E-state index in [2.05, 4.69) is 4.98 Å². The van der Waals surface area contributed by atoms with E-state index in [1.165, 1.54) is 18.2 Å². The number of aromatic carboxylic acids is 1. The Morgan fingerprint density at radius 1 is 1.05 bits per heavy atom. The van der Waals surface area contributed by atoms with Crippen molar-refractivity contribution < 1.29 is 14.3 Å². The van der Waals surface area contributed by atoms with Crippen molar-refractivity contribution in [2.24, 2.45) is 0 Å². The first-order valence-electron chi connectivity index (χ1n) is 6.04. The molecule has 0 unspecified atom stereocenters. The summed E-state index contributed by atoms with van der Waals surface area (Å²) in [5.74, 6) is -1.51. The molecule has 0 saturated heterocycles. The highest BCUT2D eigenvalue weighted by molar-refractivity contribution is 6.00. The van der Waals surface area contributed by atoms with Crippen molar-refractivity contribution >= 4 is 16.7 Å².